The van der Waals surface area contributed by atoms with E-state index in [4.69, 9.17) is 0 Å². The third-order valence-electron chi connectivity index (χ3n) is 4.63. The fourth-order valence-electron chi connectivity index (χ4n) is 3.12. The van der Waals surface area contributed by atoms with E-state index in [-0.39, 0.29) is 11.6 Å². The molecule has 0 radical (unpaired) electrons. The van der Waals surface area contributed by atoms with Crippen LogP contribution in [0.3, 0.4) is 0 Å². The number of hydrogen-bond donors (Lipinski definition) is 1. The Morgan fingerprint density at radius 3 is 2.27 bits per heavy atom. The monoisotopic (exact) mass is 352 g/mol. The second kappa shape index (κ2) is 7.07. The summed E-state index contributed by atoms with van der Waals surface area (Å²) in [6.07, 6.45) is 1.10. The van der Waals surface area contributed by atoms with E-state index < -0.39 is 0 Å². The highest BCUT2D eigenvalue weighted by atomic mass is 16.2. The lowest BCUT2D eigenvalue weighted by Crippen LogP contribution is -2.19. The van der Waals surface area contributed by atoms with E-state index in [1.165, 1.54) is 0 Å². The Hall–Kier alpha value is -3.02. The Balaban J connectivity index is 1.88. The SMILES string of the molecule is CN(C)c1cc2c(cc1NC(=O)CCc1ccccc1)n(C)c(=O)n2C. The summed E-state index contributed by atoms with van der Waals surface area (Å²) in [5, 5.41) is 3.00. The standard InChI is InChI=1S/C20H24N4O2/c1-22(2)16-13-18-17(23(3)20(26)24(18)4)12-15(16)21-19(25)11-10-14-8-6-5-7-9-14/h5-9,12-13H,10-11H2,1-4H3,(H,21,25). The lowest BCUT2D eigenvalue weighted by atomic mass is 10.1. The summed E-state index contributed by atoms with van der Waals surface area (Å²) >= 11 is 0. The summed E-state index contributed by atoms with van der Waals surface area (Å²) in [4.78, 5) is 26.6. The number of aryl methyl sites for hydroxylation is 3. The Kier molecular flexibility index (Phi) is 4.84. The Bertz CT molecular complexity index is 1000. The quantitative estimate of drug-likeness (QED) is 0.768. The molecule has 0 aliphatic rings. The van der Waals surface area contributed by atoms with Crippen molar-refractivity contribution in [1.82, 2.24) is 9.13 Å². The van der Waals surface area contributed by atoms with Crippen LogP contribution in [0.2, 0.25) is 0 Å². The second-order valence-electron chi connectivity index (χ2n) is 6.69. The van der Waals surface area contributed by atoms with E-state index in [0.717, 1.165) is 22.3 Å². The van der Waals surface area contributed by atoms with Gasteiger partial charge in [0.15, 0.2) is 0 Å². The van der Waals surface area contributed by atoms with Crippen LogP contribution in [0.4, 0.5) is 11.4 Å². The van der Waals surface area contributed by atoms with Crippen molar-refractivity contribution in [2.75, 3.05) is 24.3 Å². The molecule has 3 rings (SSSR count). The topological polar surface area (TPSA) is 59.3 Å². The van der Waals surface area contributed by atoms with Crippen LogP contribution < -0.4 is 15.9 Å². The lowest BCUT2D eigenvalue weighted by Gasteiger charge is -2.18. The number of nitrogens with zero attached hydrogens (tertiary/aromatic N) is 3. The van der Waals surface area contributed by atoms with Gasteiger partial charge < -0.3 is 10.2 Å². The van der Waals surface area contributed by atoms with Crippen LogP contribution in [0, 0.1) is 0 Å². The van der Waals surface area contributed by atoms with Gasteiger partial charge in [0.25, 0.3) is 0 Å². The number of fused-ring (bicyclic) bond motifs is 1. The highest BCUT2D eigenvalue weighted by molar-refractivity contribution is 5.98. The van der Waals surface area contributed by atoms with Crippen LogP contribution in [-0.2, 0) is 25.3 Å². The zero-order chi connectivity index (χ0) is 18.8. The number of rotatable bonds is 5. The third-order valence-corrected chi connectivity index (χ3v) is 4.63. The smallest absolute Gasteiger partial charge is 0.328 e. The average Bonchev–Trinajstić information content (AvgIpc) is 2.84. The zero-order valence-corrected chi connectivity index (χ0v) is 15.6. The van der Waals surface area contributed by atoms with Gasteiger partial charge in [0, 0.05) is 34.6 Å². The molecule has 0 aliphatic carbocycles. The number of nitrogens with one attached hydrogen (secondary N) is 1. The third kappa shape index (κ3) is 3.35. The maximum Gasteiger partial charge on any atom is 0.328 e. The molecule has 0 unspecified atom stereocenters. The molecule has 0 saturated carbocycles. The largest absolute Gasteiger partial charge is 0.376 e. The highest BCUT2D eigenvalue weighted by Crippen LogP contribution is 2.30. The van der Waals surface area contributed by atoms with Crippen molar-refractivity contribution in [3.05, 3.63) is 58.5 Å². The molecule has 136 valence electrons. The first kappa shape index (κ1) is 17.8. The Morgan fingerprint density at radius 2 is 1.65 bits per heavy atom. The fraction of sp³-hybridized carbons (Fsp3) is 0.300. The van der Waals surface area contributed by atoms with Gasteiger partial charge in [-0.05, 0) is 24.1 Å². The number of carbonyl (C=O) groups is 1. The first-order valence-corrected chi connectivity index (χ1v) is 8.59. The summed E-state index contributed by atoms with van der Waals surface area (Å²) in [5.41, 5.74) is 4.26. The summed E-state index contributed by atoms with van der Waals surface area (Å²) < 4.78 is 3.21. The molecule has 1 aromatic heterocycles. The molecule has 0 spiro atoms. The summed E-state index contributed by atoms with van der Waals surface area (Å²) in [5.74, 6) is -0.0442. The van der Waals surface area contributed by atoms with Crippen LogP contribution in [0.25, 0.3) is 11.0 Å². The fourth-order valence-corrected chi connectivity index (χ4v) is 3.12. The molecule has 1 N–H and O–H groups in total. The predicted octanol–water partition coefficient (Wildman–Crippen LogP) is 2.51. The van der Waals surface area contributed by atoms with E-state index in [1.54, 1.807) is 23.2 Å². The van der Waals surface area contributed by atoms with E-state index in [1.807, 2.05) is 61.5 Å². The van der Waals surface area contributed by atoms with Crippen LogP contribution >= 0.6 is 0 Å². The predicted molar refractivity (Wildman–Crippen MR) is 106 cm³/mol. The maximum atomic E-state index is 12.5. The van der Waals surface area contributed by atoms with Crippen LogP contribution in [0.1, 0.15) is 12.0 Å². The number of aromatic nitrogens is 2. The van der Waals surface area contributed by atoms with Crippen molar-refractivity contribution in [3.8, 4) is 0 Å². The minimum Gasteiger partial charge on any atom is -0.376 e. The first-order valence-electron chi connectivity index (χ1n) is 8.59. The molecule has 26 heavy (non-hydrogen) atoms. The minimum atomic E-state index is -0.0859. The molecule has 0 atom stereocenters. The average molecular weight is 352 g/mol. The van der Waals surface area contributed by atoms with E-state index >= 15 is 0 Å². The number of anilines is 2. The number of amides is 1. The molecule has 1 amide bonds. The van der Waals surface area contributed by atoms with Gasteiger partial charge in [-0.25, -0.2) is 4.79 Å². The number of hydrogen-bond acceptors (Lipinski definition) is 3. The molecule has 0 fully saturated rings. The van der Waals surface area contributed by atoms with Crippen molar-refractivity contribution < 1.29 is 4.79 Å². The molecule has 6 heteroatoms. The number of benzene rings is 2. The van der Waals surface area contributed by atoms with Gasteiger partial charge in [0.05, 0.1) is 22.4 Å². The molecular weight excluding hydrogens is 328 g/mol. The molecular formula is C20H24N4O2. The Morgan fingerprint density at radius 1 is 1.04 bits per heavy atom. The van der Waals surface area contributed by atoms with Gasteiger partial charge in [-0.3, -0.25) is 13.9 Å². The maximum absolute atomic E-state index is 12.5. The second-order valence-corrected chi connectivity index (χ2v) is 6.69. The van der Waals surface area contributed by atoms with Crippen molar-refractivity contribution in [1.29, 1.82) is 0 Å². The van der Waals surface area contributed by atoms with Gasteiger partial charge in [-0.2, -0.15) is 0 Å². The van der Waals surface area contributed by atoms with Gasteiger partial charge in [-0.1, -0.05) is 30.3 Å². The number of imidazole rings is 1. The molecule has 3 aromatic rings. The first-order chi connectivity index (χ1) is 12.4. The molecule has 0 saturated heterocycles. The summed E-state index contributed by atoms with van der Waals surface area (Å²) in [6.45, 7) is 0. The van der Waals surface area contributed by atoms with Crippen molar-refractivity contribution in [2.24, 2.45) is 14.1 Å². The molecule has 0 bridgehead atoms. The molecule has 6 nitrogen and oxygen atoms in total. The van der Waals surface area contributed by atoms with Crippen molar-refractivity contribution in [2.45, 2.75) is 12.8 Å². The van der Waals surface area contributed by atoms with Crippen molar-refractivity contribution in [3.63, 3.8) is 0 Å². The van der Waals surface area contributed by atoms with E-state index in [0.29, 0.717) is 18.5 Å². The van der Waals surface area contributed by atoms with Gasteiger partial charge in [-0.15, -0.1) is 0 Å². The van der Waals surface area contributed by atoms with E-state index in [9.17, 15) is 9.59 Å². The van der Waals surface area contributed by atoms with Gasteiger partial charge in [0.2, 0.25) is 5.91 Å². The van der Waals surface area contributed by atoms with Crippen LogP contribution in [0.5, 0.6) is 0 Å². The van der Waals surface area contributed by atoms with Crippen LogP contribution in [-0.4, -0.2) is 29.1 Å². The van der Waals surface area contributed by atoms with E-state index in [2.05, 4.69) is 5.32 Å². The molecule has 2 aromatic carbocycles. The Labute approximate surface area is 152 Å². The minimum absolute atomic E-state index is 0.0442. The molecule has 0 aliphatic heterocycles. The molecule has 1 heterocycles. The highest BCUT2D eigenvalue weighted by Gasteiger charge is 2.15. The lowest BCUT2D eigenvalue weighted by molar-refractivity contribution is -0.116. The number of carbonyl (C=O) groups excluding carboxylic acids is 1. The van der Waals surface area contributed by atoms with Crippen LogP contribution in [0.15, 0.2) is 47.3 Å². The van der Waals surface area contributed by atoms with Crippen molar-refractivity contribution >= 4 is 28.3 Å². The normalized spacial score (nSPS) is 10.9. The summed E-state index contributed by atoms with van der Waals surface area (Å²) in [6, 6.07) is 13.7. The summed E-state index contributed by atoms with van der Waals surface area (Å²) in [7, 11) is 7.33. The zero-order valence-electron chi connectivity index (χ0n) is 15.6. The van der Waals surface area contributed by atoms with Gasteiger partial charge in [0.1, 0.15) is 0 Å². The van der Waals surface area contributed by atoms with Gasteiger partial charge >= 0.3 is 5.69 Å².